The maximum absolute atomic E-state index is 14.3. The van der Waals surface area contributed by atoms with Crippen molar-refractivity contribution >= 4 is 22.9 Å². The molecule has 210 valence electrons. The summed E-state index contributed by atoms with van der Waals surface area (Å²) in [5.74, 6) is 3.62. The lowest BCUT2D eigenvalue weighted by atomic mass is 9.94. The van der Waals surface area contributed by atoms with Crippen LogP contribution in [0.2, 0.25) is 0 Å². The first-order chi connectivity index (χ1) is 19.4. The molecule has 2 aliphatic rings. The van der Waals surface area contributed by atoms with Crippen molar-refractivity contribution < 1.29 is 23.1 Å². The Hall–Kier alpha value is -4.19. The second kappa shape index (κ2) is 10.8. The van der Waals surface area contributed by atoms with Gasteiger partial charge in [0.05, 0.1) is 6.54 Å². The fourth-order valence-electron chi connectivity index (χ4n) is 5.62. The summed E-state index contributed by atoms with van der Waals surface area (Å²) in [6.45, 7) is 4.82. The lowest BCUT2D eigenvalue weighted by molar-refractivity contribution is -0.130. The molecule has 1 atom stereocenters. The zero-order chi connectivity index (χ0) is 27.8. The van der Waals surface area contributed by atoms with Crippen LogP contribution in [0.1, 0.15) is 43.3 Å². The molecule has 11 nitrogen and oxygen atoms in total. The van der Waals surface area contributed by atoms with E-state index in [4.69, 9.17) is 30.3 Å². The van der Waals surface area contributed by atoms with Crippen LogP contribution in [0.3, 0.4) is 0 Å². The molecule has 1 amide bonds. The van der Waals surface area contributed by atoms with E-state index >= 15 is 0 Å². The molecule has 4 aromatic rings. The van der Waals surface area contributed by atoms with Crippen molar-refractivity contribution in [2.75, 3.05) is 32.0 Å². The Morgan fingerprint density at radius 1 is 1.15 bits per heavy atom. The van der Waals surface area contributed by atoms with E-state index in [9.17, 15) is 9.18 Å². The maximum Gasteiger partial charge on any atom is 0.312 e. The van der Waals surface area contributed by atoms with Gasteiger partial charge < -0.3 is 34.8 Å². The smallest absolute Gasteiger partial charge is 0.312 e. The molecule has 2 aliphatic heterocycles. The fourth-order valence-corrected chi connectivity index (χ4v) is 5.62. The summed E-state index contributed by atoms with van der Waals surface area (Å²) >= 11 is 0. The van der Waals surface area contributed by atoms with E-state index in [1.54, 1.807) is 6.92 Å². The number of imidazole rings is 1. The van der Waals surface area contributed by atoms with Crippen LogP contribution in [0, 0.1) is 12.0 Å². The first kappa shape index (κ1) is 26.1. The minimum absolute atomic E-state index is 0.0102. The number of fused-ring (bicyclic) bond motifs is 2. The first-order valence-electron chi connectivity index (χ1n) is 13.5. The van der Waals surface area contributed by atoms with Gasteiger partial charge in [-0.3, -0.25) is 4.79 Å². The summed E-state index contributed by atoms with van der Waals surface area (Å²) in [5.41, 5.74) is 14.3. The van der Waals surface area contributed by atoms with Gasteiger partial charge in [-0.25, -0.2) is 4.98 Å². The molecule has 1 saturated heterocycles. The standard InChI is InChI=1S/C28H32FN7O4/c1-16(37)35-7-2-3-17(15-35)6-8-36-24(32-25-26(31)33-28(29)34-27(25)36)12-18-11-22-23(39-10-9-38-22)13-20(18)21-5-4-19(14-30)40-21/h4-5,11,13,17H,2-3,6-10,12,14-15,30H2,1H3,(H2,31,33,34). The van der Waals surface area contributed by atoms with Crippen molar-refractivity contribution in [3.63, 3.8) is 0 Å². The molecule has 0 bridgehead atoms. The summed E-state index contributed by atoms with van der Waals surface area (Å²) in [6, 6.07) is 7.56. The average Bonchev–Trinajstić information content (AvgIpc) is 3.56. The van der Waals surface area contributed by atoms with E-state index < -0.39 is 6.08 Å². The molecule has 40 heavy (non-hydrogen) atoms. The van der Waals surface area contributed by atoms with E-state index in [1.807, 2.05) is 33.7 Å². The third-order valence-electron chi connectivity index (χ3n) is 7.64. The highest BCUT2D eigenvalue weighted by Gasteiger charge is 2.25. The van der Waals surface area contributed by atoms with E-state index in [0.717, 1.165) is 36.9 Å². The number of hydrogen-bond donors (Lipinski definition) is 2. The normalized spacial score (nSPS) is 17.0. The number of hydrogen-bond acceptors (Lipinski definition) is 9. The van der Waals surface area contributed by atoms with E-state index in [2.05, 4.69) is 9.97 Å². The molecule has 0 aliphatic carbocycles. The van der Waals surface area contributed by atoms with Crippen LogP contribution >= 0.6 is 0 Å². The molecule has 12 heteroatoms. The number of aryl methyl sites for hydroxylation is 1. The number of rotatable bonds is 7. The van der Waals surface area contributed by atoms with Gasteiger partial charge in [-0.1, -0.05) is 0 Å². The Bertz CT molecular complexity index is 1570. The number of anilines is 1. The third-order valence-corrected chi connectivity index (χ3v) is 7.64. The molecular formula is C28H32FN7O4. The van der Waals surface area contributed by atoms with Crippen molar-refractivity contribution in [2.24, 2.45) is 11.7 Å². The Morgan fingerprint density at radius 2 is 1.95 bits per heavy atom. The molecule has 6 rings (SSSR count). The highest BCUT2D eigenvalue weighted by molar-refractivity contribution is 5.82. The molecule has 0 spiro atoms. The second-order valence-electron chi connectivity index (χ2n) is 10.3. The van der Waals surface area contributed by atoms with Gasteiger partial charge in [-0.05, 0) is 55.0 Å². The predicted molar refractivity (Wildman–Crippen MR) is 145 cm³/mol. The third kappa shape index (κ3) is 5.06. The van der Waals surface area contributed by atoms with Crippen LogP contribution < -0.4 is 20.9 Å². The van der Waals surface area contributed by atoms with Gasteiger partial charge in [0.1, 0.15) is 30.6 Å². The number of aromatic nitrogens is 4. The monoisotopic (exact) mass is 549 g/mol. The number of carbonyl (C=O) groups is 1. The Balaban J connectivity index is 1.39. The fraction of sp³-hybridized carbons (Fsp3) is 0.429. The zero-order valence-corrected chi connectivity index (χ0v) is 22.4. The largest absolute Gasteiger partial charge is 0.486 e. The van der Waals surface area contributed by atoms with Gasteiger partial charge in [0.2, 0.25) is 5.91 Å². The van der Waals surface area contributed by atoms with Gasteiger partial charge in [0, 0.05) is 38.5 Å². The molecule has 1 unspecified atom stereocenters. The van der Waals surface area contributed by atoms with Gasteiger partial charge in [0.25, 0.3) is 0 Å². The van der Waals surface area contributed by atoms with Crippen LogP contribution in [-0.2, 0) is 24.3 Å². The van der Waals surface area contributed by atoms with Gasteiger partial charge >= 0.3 is 6.08 Å². The molecular weight excluding hydrogens is 517 g/mol. The van der Waals surface area contributed by atoms with Crippen molar-refractivity contribution in [1.29, 1.82) is 0 Å². The number of nitrogen functional groups attached to an aromatic ring is 1. The van der Waals surface area contributed by atoms with Gasteiger partial charge in [-0.15, -0.1) is 0 Å². The van der Waals surface area contributed by atoms with Crippen LogP contribution in [0.5, 0.6) is 11.5 Å². The lowest BCUT2D eigenvalue weighted by Gasteiger charge is -2.32. The summed E-state index contributed by atoms with van der Waals surface area (Å²) in [4.78, 5) is 26.4. The van der Waals surface area contributed by atoms with E-state index in [1.165, 1.54) is 0 Å². The van der Waals surface area contributed by atoms with Crippen molar-refractivity contribution in [2.45, 2.75) is 45.7 Å². The second-order valence-corrected chi connectivity index (χ2v) is 10.3. The zero-order valence-electron chi connectivity index (χ0n) is 22.4. The number of nitrogens with two attached hydrogens (primary N) is 2. The molecule has 0 saturated carbocycles. The number of carbonyl (C=O) groups excluding carboxylic acids is 1. The van der Waals surface area contributed by atoms with E-state index in [0.29, 0.717) is 78.6 Å². The molecule has 1 aromatic carbocycles. The number of piperidine rings is 1. The summed E-state index contributed by atoms with van der Waals surface area (Å²) < 4.78 is 33.9. The molecule has 4 N–H and O–H groups in total. The number of nitrogens with zero attached hydrogens (tertiary/aromatic N) is 5. The number of halogens is 1. The van der Waals surface area contributed by atoms with Crippen LogP contribution in [0.4, 0.5) is 10.2 Å². The first-order valence-corrected chi connectivity index (χ1v) is 13.5. The SMILES string of the molecule is CC(=O)N1CCCC(CCn2c(Cc3cc4c(cc3-c3ccc(CN)o3)OCCO4)nc3c(N)nc(F)nc32)C1. The van der Waals surface area contributed by atoms with Crippen LogP contribution in [0.15, 0.2) is 28.7 Å². The van der Waals surface area contributed by atoms with Crippen molar-refractivity contribution in [1.82, 2.24) is 24.4 Å². The summed E-state index contributed by atoms with van der Waals surface area (Å²) in [7, 11) is 0. The Labute approximate surface area is 230 Å². The number of likely N-dealkylation sites (tertiary alicyclic amines) is 1. The highest BCUT2D eigenvalue weighted by Crippen LogP contribution is 2.39. The Morgan fingerprint density at radius 3 is 2.70 bits per heavy atom. The minimum Gasteiger partial charge on any atom is -0.486 e. The Kier molecular flexibility index (Phi) is 7.01. The maximum atomic E-state index is 14.3. The predicted octanol–water partition coefficient (Wildman–Crippen LogP) is 3.28. The topological polar surface area (TPSA) is 148 Å². The molecule has 5 heterocycles. The van der Waals surface area contributed by atoms with Crippen molar-refractivity contribution in [3.05, 3.63) is 47.5 Å². The van der Waals surface area contributed by atoms with Crippen molar-refractivity contribution in [3.8, 4) is 22.8 Å². The summed E-state index contributed by atoms with van der Waals surface area (Å²) in [6.07, 6.45) is 2.22. The highest BCUT2D eigenvalue weighted by atomic mass is 19.1. The molecule has 1 fully saturated rings. The lowest BCUT2D eigenvalue weighted by Crippen LogP contribution is -2.38. The van der Waals surface area contributed by atoms with Gasteiger partial charge in [0.15, 0.2) is 28.5 Å². The average molecular weight is 550 g/mol. The minimum atomic E-state index is -0.900. The molecule has 3 aromatic heterocycles. The summed E-state index contributed by atoms with van der Waals surface area (Å²) in [5, 5.41) is 0. The number of ether oxygens (including phenoxy) is 2. The van der Waals surface area contributed by atoms with E-state index in [-0.39, 0.29) is 18.3 Å². The number of amides is 1. The number of benzene rings is 1. The molecule has 0 radical (unpaired) electrons. The van der Waals surface area contributed by atoms with Crippen LogP contribution in [0.25, 0.3) is 22.5 Å². The quantitative estimate of drug-likeness (QED) is 0.331. The van der Waals surface area contributed by atoms with Crippen LogP contribution in [-0.4, -0.2) is 56.6 Å². The number of furan rings is 1. The van der Waals surface area contributed by atoms with Gasteiger partial charge in [-0.2, -0.15) is 14.4 Å².